The first kappa shape index (κ1) is 10.7. The van der Waals surface area contributed by atoms with E-state index in [4.69, 9.17) is 0 Å². The molecule has 16 heavy (non-hydrogen) atoms. The highest BCUT2D eigenvalue weighted by Gasteiger charge is 2.35. The fraction of sp³-hybridized carbons (Fsp3) is 0.333. The second-order valence-corrected chi connectivity index (χ2v) is 4.09. The first-order chi connectivity index (χ1) is 7.50. The smallest absolute Gasteiger partial charge is 0.254 e. The summed E-state index contributed by atoms with van der Waals surface area (Å²) in [7, 11) is 1.72. The quantitative estimate of drug-likeness (QED) is 0.768. The van der Waals surface area contributed by atoms with Gasteiger partial charge in [0.2, 0.25) is 5.91 Å². The van der Waals surface area contributed by atoms with E-state index in [9.17, 15) is 9.59 Å². The van der Waals surface area contributed by atoms with E-state index < -0.39 is 6.04 Å². The summed E-state index contributed by atoms with van der Waals surface area (Å²) >= 11 is 0. The fourth-order valence-corrected chi connectivity index (χ4v) is 2.00. The van der Waals surface area contributed by atoms with Crippen molar-refractivity contribution in [3.8, 4) is 0 Å². The molecule has 4 heteroatoms. The maximum absolute atomic E-state index is 11.9. The number of anilines is 1. The monoisotopic (exact) mass is 218 g/mol. The molecule has 1 aliphatic rings. The topological polar surface area (TPSA) is 49.4 Å². The summed E-state index contributed by atoms with van der Waals surface area (Å²) in [5.41, 5.74) is 2.83. The molecule has 84 valence electrons. The summed E-state index contributed by atoms with van der Waals surface area (Å²) in [4.78, 5) is 24.6. The van der Waals surface area contributed by atoms with E-state index in [0.29, 0.717) is 0 Å². The average Bonchev–Trinajstić information content (AvgIpc) is 2.43. The van der Waals surface area contributed by atoms with Gasteiger partial charge in [-0.3, -0.25) is 9.59 Å². The molecule has 1 aromatic rings. The molecule has 0 saturated carbocycles. The van der Waals surface area contributed by atoms with Gasteiger partial charge in [-0.05, 0) is 13.0 Å². The van der Waals surface area contributed by atoms with Gasteiger partial charge in [-0.2, -0.15) is 0 Å². The highest BCUT2D eigenvalue weighted by atomic mass is 16.2. The zero-order valence-electron chi connectivity index (χ0n) is 9.57. The van der Waals surface area contributed by atoms with Crippen molar-refractivity contribution in [2.75, 3.05) is 11.9 Å². The second-order valence-electron chi connectivity index (χ2n) is 4.09. The van der Waals surface area contributed by atoms with E-state index in [-0.39, 0.29) is 11.8 Å². The third kappa shape index (κ3) is 1.56. The molecule has 0 bridgehead atoms. The normalized spacial score (nSPS) is 18.6. The summed E-state index contributed by atoms with van der Waals surface area (Å²) in [6.07, 6.45) is 0. The third-order valence-electron chi connectivity index (χ3n) is 2.78. The number of aryl methyl sites for hydroxylation is 1. The van der Waals surface area contributed by atoms with Crippen LogP contribution in [-0.2, 0) is 9.59 Å². The van der Waals surface area contributed by atoms with Gasteiger partial charge in [-0.1, -0.05) is 17.7 Å². The molecule has 0 aromatic heterocycles. The van der Waals surface area contributed by atoms with Crippen LogP contribution in [0.15, 0.2) is 18.2 Å². The van der Waals surface area contributed by atoms with Gasteiger partial charge >= 0.3 is 0 Å². The molecule has 1 N–H and O–H groups in total. The van der Waals surface area contributed by atoms with Crippen LogP contribution >= 0.6 is 0 Å². The Morgan fingerprint density at radius 2 is 2.12 bits per heavy atom. The lowest BCUT2D eigenvalue weighted by Gasteiger charge is -2.11. The van der Waals surface area contributed by atoms with Crippen LogP contribution in [0, 0.1) is 6.92 Å². The molecule has 1 unspecified atom stereocenters. The summed E-state index contributed by atoms with van der Waals surface area (Å²) in [5, 5.41) is 2.68. The molecule has 1 aromatic carbocycles. The van der Waals surface area contributed by atoms with E-state index in [1.807, 2.05) is 25.1 Å². The number of hydrogen-bond acceptors (Lipinski definition) is 2. The minimum Gasteiger partial charge on any atom is -0.341 e. The molecule has 2 rings (SSSR count). The Bertz CT molecular complexity index is 468. The summed E-state index contributed by atoms with van der Waals surface area (Å²) in [6, 6.07) is 5.28. The van der Waals surface area contributed by atoms with E-state index in [0.717, 1.165) is 16.8 Å². The van der Waals surface area contributed by atoms with Crippen LogP contribution in [0.1, 0.15) is 24.1 Å². The van der Waals surface area contributed by atoms with Crippen molar-refractivity contribution >= 4 is 17.5 Å². The zero-order chi connectivity index (χ0) is 11.9. The highest BCUT2D eigenvalue weighted by Crippen LogP contribution is 2.35. The van der Waals surface area contributed by atoms with E-state index in [2.05, 4.69) is 5.32 Å². The molecule has 1 atom stereocenters. The first-order valence-electron chi connectivity index (χ1n) is 5.16. The van der Waals surface area contributed by atoms with Crippen molar-refractivity contribution in [3.63, 3.8) is 0 Å². The standard InChI is InChI=1S/C12H14N2O2/c1-7-4-5-10-9(6-7)11(13-8(2)15)12(16)14(10)3/h4-6,11H,1-3H3,(H,13,15). The van der Waals surface area contributed by atoms with Gasteiger partial charge in [0.1, 0.15) is 6.04 Å². The zero-order valence-corrected chi connectivity index (χ0v) is 9.57. The van der Waals surface area contributed by atoms with Crippen molar-refractivity contribution in [1.29, 1.82) is 0 Å². The fourth-order valence-electron chi connectivity index (χ4n) is 2.00. The second kappa shape index (κ2) is 3.63. The lowest BCUT2D eigenvalue weighted by Crippen LogP contribution is -2.34. The van der Waals surface area contributed by atoms with Crippen LogP contribution in [0.3, 0.4) is 0 Å². The Morgan fingerprint density at radius 3 is 2.75 bits per heavy atom. The van der Waals surface area contributed by atoms with Crippen LogP contribution < -0.4 is 10.2 Å². The number of fused-ring (bicyclic) bond motifs is 1. The van der Waals surface area contributed by atoms with Crippen molar-refractivity contribution in [1.82, 2.24) is 5.32 Å². The molecule has 4 nitrogen and oxygen atoms in total. The Labute approximate surface area is 94.2 Å². The van der Waals surface area contributed by atoms with Crippen LogP contribution in [-0.4, -0.2) is 18.9 Å². The maximum Gasteiger partial charge on any atom is 0.254 e. The van der Waals surface area contributed by atoms with Crippen LogP contribution in [0.25, 0.3) is 0 Å². The SMILES string of the molecule is CC(=O)NC1C(=O)N(C)c2ccc(C)cc21. The third-order valence-corrected chi connectivity index (χ3v) is 2.78. The number of carbonyl (C=O) groups excluding carboxylic acids is 2. The predicted molar refractivity (Wildman–Crippen MR) is 61.1 cm³/mol. The Balaban J connectivity index is 2.47. The molecule has 1 aliphatic heterocycles. The molecule has 0 radical (unpaired) electrons. The molecule has 0 fully saturated rings. The number of benzene rings is 1. The number of nitrogens with zero attached hydrogens (tertiary/aromatic N) is 1. The maximum atomic E-state index is 11.9. The summed E-state index contributed by atoms with van der Waals surface area (Å²) in [6.45, 7) is 3.38. The van der Waals surface area contributed by atoms with Gasteiger partial charge in [-0.15, -0.1) is 0 Å². The molecule has 2 amide bonds. The Morgan fingerprint density at radius 1 is 1.44 bits per heavy atom. The van der Waals surface area contributed by atoms with E-state index in [1.165, 1.54) is 6.92 Å². The molecular formula is C12H14N2O2. The van der Waals surface area contributed by atoms with Gasteiger partial charge < -0.3 is 10.2 Å². The highest BCUT2D eigenvalue weighted by molar-refractivity contribution is 6.05. The molecule has 1 heterocycles. The number of carbonyl (C=O) groups is 2. The minimum absolute atomic E-state index is 0.0872. The number of likely N-dealkylation sites (N-methyl/N-ethyl adjacent to an activating group) is 1. The van der Waals surface area contributed by atoms with Gasteiger partial charge in [-0.25, -0.2) is 0 Å². The first-order valence-corrected chi connectivity index (χ1v) is 5.16. The lowest BCUT2D eigenvalue weighted by atomic mass is 10.1. The van der Waals surface area contributed by atoms with Crippen LogP contribution in [0.5, 0.6) is 0 Å². The molecule has 0 spiro atoms. The largest absolute Gasteiger partial charge is 0.341 e. The van der Waals surface area contributed by atoms with Crippen LogP contribution in [0.4, 0.5) is 5.69 Å². The summed E-state index contributed by atoms with van der Waals surface area (Å²) < 4.78 is 0. The van der Waals surface area contributed by atoms with Crippen molar-refractivity contribution in [2.45, 2.75) is 19.9 Å². The number of amides is 2. The Hall–Kier alpha value is -1.84. The van der Waals surface area contributed by atoms with Crippen LogP contribution in [0.2, 0.25) is 0 Å². The number of hydrogen-bond donors (Lipinski definition) is 1. The number of nitrogens with one attached hydrogen (secondary N) is 1. The molecule has 0 aliphatic carbocycles. The van der Waals surface area contributed by atoms with E-state index >= 15 is 0 Å². The van der Waals surface area contributed by atoms with Crippen molar-refractivity contribution in [3.05, 3.63) is 29.3 Å². The van der Waals surface area contributed by atoms with Gasteiger partial charge in [0, 0.05) is 25.2 Å². The van der Waals surface area contributed by atoms with Gasteiger partial charge in [0.05, 0.1) is 0 Å². The van der Waals surface area contributed by atoms with Crippen molar-refractivity contribution in [2.24, 2.45) is 0 Å². The Kier molecular flexibility index (Phi) is 2.42. The van der Waals surface area contributed by atoms with Crippen molar-refractivity contribution < 1.29 is 9.59 Å². The average molecular weight is 218 g/mol. The van der Waals surface area contributed by atoms with E-state index in [1.54, 1.807) is 11.9 Å². The summed E-state index contributed by atoms with van der Waals surface area (Å²) in [5.74, 6) is -0.281. The predicted octanol–water partition coefficient (Wildman–Crippen LogP) is 1.15. The lowest BCUT2D eigenvalue weighted by molar-refractivity contribution is -0.125. The van der Waals surface area contributed by atoms with Gasteiger partial charge in [0.15, 0.2) is 0 Å². The van der Waals surface area contributed by atoms with Gasteiger partial charge in [0.25, 0.3) is 5.91 Å². The molecular weight excluding hydrogens is 204 g/mol. The minimum atomic E-state index is -0.530. The molecule has 0 saturated heterocycles. The number of rotatable bonds is 1.